The Balaban J connectivity index is 1.50. The fourth-order valence-electron chi connectivity index (χ4n) is 8.29. The predicted octanol–water partition coefficient (Wildman–Crippen LogP) is 2.93. The molecule has 9 nitrogen and oxygen atoms in total. The SMILES string of the molecule is CC(CN)OC(=O)OCC(=O)[C@@]12OC(C)(C)O[C@@H]1C[C@H]1[C@@H]3CCC4=CC(=O)C=C[C@]4(C)[C@@]3(F)[C@@H](O)C[C@@]12C. The first-order chi connectivity index (χ1) is 17.6. The lowest BCUT2D eigenvalue weighted by molar-refractivity contribution is -0.246. The van der Waals surface area contributed by atoms with E-state index in [1.54, 1.807) is 33.8 Å². The highest BCUT2D eigenvalue weighted by Crippen LogP contribution is 2.72. The molecule has 1 heterocycles. The Morgan fingerprint density at radius 2 is 1.97 bits per heavy atom. The van der Waals surface area contributed by atoms with Crippen LogP contribution in [-0.4, -0.2) is 71.3 Å². The number of ether oxygens (including phenoxy) is 4. The summed E-state index contributed by atoms with van der Waals surface area (Å²) in [5, 5.41) is 11.6. The summed E-state index contributed by atoms with van der Waals surface area (Å²) in [6.45, 7) is 8.09. The highest BCUT2D eigenvalue weighted by Gasteiger charge is 2.80. The molecule has 1 aliphatic heterocycles. The summed E-state index contributed by atoms with van der Waals surface area (Å²) in [7, 11) is 0. The quantitative estimate of drug-likeness (QED) is 0.510. The zero-order valence-electron chi connectivity index (χ0n) is 22.6. The van der Waals surface area contributed by atoms with E-state index in [0.29, 0.717) is 24.8 Å². The van der Waals surface area contributed by atoms with E-state index in [1.807, 2.05) is 6.92 Å². The highest BCUT2D eigenvalue weighted by atomic mass is 19.1. The first kappa shape index (κ1) is 27.4. The molecular weight excluding hydrogens is 497 g/mol. The molecule has 10 heteroatoms. The van der Waals surface area contributed by atoms with Crippen molar-refractivity contribution in [2.45, 2.75) is 95.7 Å². The first-order valence-corrected chi connectivity index (χ1v) is 13.4. The number of hydrogen-bond donors (Lipinski definition) is 2. The standard InChI is InChI=1S/C28H38FNO8/c1-15(13-30)36-23(34)35-14-21(33)28-22(37-24(2,3)38-28)11-19-18-7-6-16-10-17(31)8-9-25(16,4)27(18,29)20(32)12-26(19,28)5/h8-10,15,18-20,22,32H,6-7,11-14,30H2,1-5H3/t15?,18-,19-,20-,22+,25-,26-,27-,28+/m0/s1. The number of nitrogens with two attached hydrogens (primary N) is 1. The number of allylic oxidation sites excluding steroid dienone is 4. The van der Waals surface area contributed by atoms with Gasteiger partial charge in [0.15, 0.2) is 29.4 Å². The number of aliphatic hydroxyl groups excluding tert-OH is 1. The van der Waals surface area contributed by atoms with Gasteiger partial charge in [0.1, 0.15) is 6.10 Å². The van der Waals surface area contributed by atoms with Gasteiger partial charge in [0, 0.05) is 23.3 Å². The van der Waals surface area contributed by atoms with Crippen LogP contribution in [0.5, 0.6) is 0 Å². The molecule has 0 spiro atoms. The smallest absolute Gasteiger partial charge is 0.430 e. The average Bonchev–Trinajstić information content (AvgIpc) is 3.24. The largest absolute Gasteiger partial charge is 0.509 e. The van der Waals surface area contributed by atoms with E-state index >= 15 is 4.39 Å². The molecule has 0 amide bonds. The fraction of sp³-hybridized carbons (Fsp3) is 0.750. The molecule has 210 valence electrons. The van der Waals surface area contributed by atoms with Gasteiger partial charge in [-0.05, 0) is 71.4 Å². The molecule has 0 radical (unpaired) electrons. The summed E-state index contributed by atoms with van der Waals surface area (Å²) < 4.78 is 40.2. The van der Waals surface area contributed by atoms with Crippen molar-refractivity contribution < 1.29 is 42.8 Å². The van der Waals surface area contributed by atoms with Crippen LogP contribution in [0.25, 0.3) is 0 Å². The molecule has 1 saturated heterocycles. The van der Waals surface area contributed by atoms with E-state index in [0.717, 1.165) is 0 Å². The molecule has 4 fully saturated rings. The van der Waals surface area contributed by atoms with Crippen molar-refractivity contribution in [2.75, 3.05) is 13.2 Å². The number of hydrogen-bond acceptors (Lipinski definition) is 9. The van der Waals surface area contributed by atoms with Crippen LogP contribution in [-0.2, 0) is 28.5 Å². The monoisotopic (exact) mass is 535 g/mol. The topological polar surface area (TPSA) is 134 Å². The maximum atomic E-state index is 17.4. The van der Waals surface area contributed by atoms with E-state index in [2.05, 4.69) is 0 Å². The Bertz CT molecular complexity index is 1120. The summed E-state index contributed by atoms with van der Waals surface area (Å²) in [6, 6.07) is 0. The normalized spacial score (nSPS) is 45.3. The van der Waals surface area contributed by atoms with Crippen molar-refractivity contribution in [1.82, 2.24) is 0 Å². The van der Waals surface area contributed by atoms with Gasteiger partial charge < -0.3 is 29.8 Å². The molecule has 4 aliphatic carbocycles. The van der Waals surface area contributed by atoms with Crippen LogP contribution in [0.15, 0.2) is 23.8 Å². The van der Waals surface area contributed by atoms with Gasteiger partial charge in [-0.2, -0.15) is 0 Å². The number of halogens is 1. The number of aliphatic hydroxyl groups is 1. The maximum Gasteiger partial charge on any atom is 0.509 e. The number of fused-ring (bicyclic) bond motifs is 7. The second-order valence-electron chi connectivity index (χ2n) is 12.5. The summed E-state index contributed by atoms with van der Waals surface area (Å²) in [5.74, 6) is -2.79. The van der Waals surface area contributed by atoms with Gasteiger partial charge in [0.05, 0.1) is 12.2 Å². The molecule has 9 atom stereocenters. The van der Waals surface area contributed by atoms with Crippen molar-refractivity contribution >= 4 is 17.7 Å². The number of rotatable bonds is 5. The zero-order chi connectivity index (χ0) is 27.9. The van der Waals surface area contributed by atoms with Crippen LogP contribution < -0.4 is 5.73 Å². The molecule has 0 aromatic rings. The molecular formula is C28H38FNO8. The minimum atomic E-state index is -2.05. The van der Waals surface area contributed by atoms with Gasteiger partial charge in [0.2, 0.25) is 5.78 Å². The minimum Gasteiger partial charge on any atom is -0.430 e. The molecule has 38 heavy (non-hydrogen) atoms. The van der Waals surface area contributed by atoms with Crippen LogP contribution >= 0.6 is 0 Å². The van der Waals surface area contributed by atoms with Crippen LogP contribution in [0.3, 0.4) is 0 Å². The molecule has 0 aromatic carbocycles. The zero-order valence-corrected chi connectivity index (χ0v) is 22.6. The van der Waals surface area contributed by atoms with Gasteiger partial charge in [0.25, 0.3) is 0 Å². The molecule has 0 bridgehead atoms. The van der Waals surface area contributed by atoms with E-state index in [-0.39, 0.29) is 24.7 Å². The molecule has 5 aliphatic rings. The van der Waals surface area contributed by atoms with Crippen LogP contribution in [0, 0.1) is 22.7 Å². The van der Waals surface area contributed by atoms with E-state index < -0.39 is 70.7 Å². The maximum absolute atomic E-state index is 17.4. The van der Waals surface area contributed by atoms with Gasteiger partial charge >= 0.3 is 6.16 Å². The van der Waals surface area contributed by atoms with Crippen molar-refractivity contribution in [3.63, 3.8) is 0 Å². The predicted molar refractivity (Wildman–Crippen MR) is 132 cm³/mol. The van der Waals surface area contributed by atoms with Gasteiger partial charge in [-0.15, -0.1) is 0 Å². The Labute approximate surface area is 221 Å². The number of carbonyl (C=O) groups excluding carboxylic acids is 3. The van der Waals surface area contributed by atoms with Gasteiger partial charge in [-0.25, -0.2) is 9.18 Å². The van der Waals surface area contributed by atoms with Gasteiger partial charge in [-0.3, -0.25) is 9.59 Å². The Morgan fingerprint density at radius 1 is 1.26 bits per heavy atom. The summed E-state index contributed by atoms with van der Waals surface area (Å²) in [4.78, 5) is 38.1. The second kappa shape index (κ2) is 8.68. The van der Waals surface area contributed by atoms with Crippen molar-refractivity contribution in [3.05, 3.63) is 23.8 Å². The molecule has 5 rings (SSSR count). The number of Topliss-reactive ketones (excluding diaryl/α,β-unsaturated/α-hetero) is 1. The van der Waals surface area contributed by atoms with Crippen molar-refractivity contribution in [2.24, 2.45) is 28.4 Å². The van der Waals surface area contributed by atoms with Crippen LogP contribution in [0.4, 0.5) is 9.18 Å². The van der Waals surface area contributed by atoms with E-state index in [9.17, 15) is 19.5 Å². The molecule has 0 aromatic heterocycles. The number of carbonyl (C=O) groups is 3. The van der Waals surface area contributed by atoms with Crippen molar-refractivity contribution in [1.29, 1.82) is 0 Å². The van der Waals surface area contributed by atoms with Crippen LogP contribution in [0.2, 0.25) is 0 Å². The molecule has 1 unspecified atom stereocenters. The third-order valence-corrected chi connectivity index (χ3v) is 10.00. The molecule has 3 N–H and O–H groups in total. The van der Waals surface area contributed by atoms with Gasteiger partial charge in [-0.1, -0.05) is 18.6 Å². The Kier molecular flexibility index (Phi) is 6.26. The minimum absolute atomic E-state index is 0.0638. The summed E-state index contributed by atoms with van der Waals surface area (Å²) in [6.07, 6.45) is 1.91. The highest BCUT2D eigenvalue weighted by molar-refractivity contribution is 6.01. The summed E-state index contributed by atoms with van der Waals surface area (Å²) in [5.41, 5.74) is 0.411. The Hall–Kier alpha value is -2.14. The number of ketones is 2. The lowest BCUT2D eigenvalue weighted by Crippen LogP contribution is -2.70. The first-order valence-electron chi connectivity index (χ1n) is 13.4. The fourth-order valence-corrected chi connectivity index (χ4v) is 8.29. The lowest BCUT2D eigenvalue weighted by atomic mass is 9.44. The van der Waals surface area contributed by atoms with Crippen molar-refractivity contribution in [3.8, 4) is 0 Å². The number of alkyl halides is 1. The Morgan fingerprint density at radius 3 is 2.66 bits per heavy atom. The third kappa shape index (κ3) is 3.52. The second-order valence-corrected chi connectivity index (χ2v) is 12.5. The summed E-state index contributed by atoms with van der Waals surface area (Å²) >= 11 is 0. The van der Waals surface area contributed by atoms with E-state index in [1.165, 1.54) is 12.2 Å². The lowest BCUT2D eigenvalue weighted by Gasteiger charge is -2.62. The molecule has 3 saturated carbocycles. The third-order valence-electron chi connectivity index (χ3n) is 10.00. The van der Waals surface area contributed by atoms with E-state index in [4.69, 9.17) is 24.7 Å². The average molecular weight is 536 g/mol. The van der Waals surface area contributed by atoms with Crippen LogP contribution in [0.1, 0.15) is 60.3 Å².